The van der Waals surface area contributed by atoms with Gasteiger partial charge in [-0.25, -0.2) is 5.01 Å². The van der Waals surface area contributed by atoms with Gasteiger partial charge in [0, 0.05) is 6.42 Å². The van der Waals surface area contributed by atoms with Crippen LogP contribution in [0.5, 0.6) is 5.75 Å². The maximum Gasteiger partial charge on any atom is 0.286 e. The Balaban J connectivity index is 1.48. The zero-order chi connectivity index (χ0) is 21.9. The van der Waals surface area contributed by atoms with E-state index in [1.54, 1.807) is 7.11 Å². The number of hydrazone groups is 1. The van der Waals surface area contributed by atoms with Gasteiger partial charge in [-0.05, 0) is 46.7 Å². The maximum absolute atomic E-state index is 12.7. The summed E-state index contributed by atoms with van der Waals surface area (Å²) in [5.74, 6) is 0.573. The lowest BCUT2D eigenvalue weighted by atomic mass is 9.98. The van der Waals surface area contributed by atoms with Gasteiger partial charge in [0.25, 0.3) is 5.91 Å². The predicted octanol–water partition coefficient (Wildman–Crippen LogP) is 5.52. The summed E-state index contributed by atoms with van der Waals surface area (Å²) in [6.45, 7) is 0. The van der Waals surface area contributed by atoms with Crippen LogP contribution in [0.25, 0.3) is 6.08 Å². The van der Waals surface area contributed by atoms with Crippen LogP contribution in [-0.4, -0.2) is 28.9 Å². The highest BCUT2D eigenvalue weighted by molar-refractivity contribution is 8.18. The van der Waals surface area contributed by atoms with E-state index >= 15 is 0 Å². The molecule has 0 fully saturated rings. The Hall–Kier alpha value is -3.64. The summed E-state index contributed by atoms with van der Waals surface area (Å²) in [6.07, 6.45) is 2.60. The van der Waals surface area contributed by atoms with Gasteiger partial charge < -0.3 is 4.74 Å². The topological polar surface area (TPSA) is 54.3 Å². The first-order valence-electron chi connectivity index (χ1n) is 10.3. The lowest BCUT2D eigenvalue weighted by Gasteiger charge is -2.22. The summed E-state index contributed by atoms with van der Waals surface area (Å²) < 4.78 is 5.31. The van der Waals surface area contributed by atoms with E-state index in [-0.39, 0.29) is 11.9 Å². The maximum atomic E-state index is 12.7. The van der Waals surface area contributed by atoms with Gasteiger partial charge in [0.15, 0.2) is 5.17 Å². The van der Waals surface area contributed by atoms with Crippen molar-refractivity contribution in [3.05, 3.63) is 107 Å². The Labute approximate surface area is 191 Å². The number of methoxy groups -OCH3 is 1. The summed E-state index contributed by atoms with van der Waals surface area (Å²) in [5, 5.41) is 7.39. The summed E-state index contributed by atoms with van der Waals surface area (Å²) in [7, 11) is 1.66. The molecule has 3 aromatic carbocycles. The van der Waals surface area contributed by atoms with Crippen molar-refractivity contribution >= 4 is 34.6 Å². The SMILES string of the molecule is COc1ccc(C2CC(c3ccccc3)=NN2C2=NC(=O)/C(=C/c3ccccc3)S2)cc1. The molecule has 2 heterocycles. The fourth-order valence-corrected chi connectivity index (χ4v) is 4.69. The molecule has 0 radical (unpaired) electrons. The quantitative estimate of drug-likeness (QED) is 0.503. The molecule has 0 N–H and O–H groups in total. The molecular weight excluding hydrogens is 418 g/mol. The fourth-order valence-electron chi connectivity index (χ4n) is 3.77. The minimum Gasteiger partial charge on any atom is -0.497 e. The molecule has 32 heavy (non-hydrogen) atoms. The number of hydrogen-bond donors (Lipinski definition) is 0. The average Bonchev–Trinajstić information content (AvgIpc) is 3.44. The van der Waals surface area contributed by atoms with E-state index in [4.69, 9.17) is 9.84 Å². The van der Waals surface area contributed by atoms with Crippen LogP contribution in [0.4, 0.5) is 0 Å². The Kier molecular flexibility index (Phi) is 5.60. The summed E-state index contributed by atoms with van der Waals surface area (Å²) in [5.41, 5.74) is 4.12. The zero-order valence-corrected chi connectivity index (χ0v) is 18.3. The monoisotopic (exact) mass is 439 g/mol. The molecule has 1 amide bonds. The van der Waals surface area contributed by atoms with Crippen LogP contribution < -0.4 is 4.74 Å². The van der Waals surface area contributed by atoms with Gasteiger partial charge in [0.05, 0.1) is 23.8 Å². The molecule has 6 heteroatoms. The third kappa shape index (κ3) is 4.09. The molecule has 0 spiro atoms. The molecule has 0 bridgehead atoms. The number of rotatable bonds is 4. The zero-order valence-electron chi connectivity index (χ0n) is 17.5. The van der Waals surface area contributed by atoms with Crippen molar-refractivity contribution < 1.29 is 9.53 Å². The number of amidine groups is 1. The van der Waals surface area contributed by atoms with Gasteiger partial charge in [-0.2, -0.15) is 10.1 Å². The number of nitrogens with zero attached hydrogens (tertiary/aromatic N) is 3. The number of thioether (sulfide) groups is 1. The summed E-state index contributed by atoms with van der Waals surface area (Å²) in [4.78, 5) is 17.6. The second-order valence-corrected chi connectivity index (χ2v) is 8.48. The van der Waals surface area contributed by atoms with Gasteiger partial charge in [0.2, 0.25) is 0 Å². The molecule has 5 nitrogen and oxygen atoms in total. The van der Waals surface area contributed by atoms with Crippen molar-refractivity contribution in [1.82, 2.24) is 5.01 Å². The second-order valence-electron chi connectivity index (χ2n) is 7.47. The molecule has 5 rings (SSSR count). The third-order valence-electron chi connectivity index (χ3n) is 5.42. The molecule has 158 valence electrons. The van der Waals surface area contributed by atoms with Gasteiger partial charge in [-0.15, -0.1) is 0 Å². The molecule has 0 saturated heterocycles. The van der Waals surface area contributed by atoms with E-state index in [0.717, 1.165) is 34.6 Å². The molecule has 3 aromatic rings. The van der Waals surface area contributed by atoms with Crippen molar-refractivity contribution in [2.24, 2.45) is 10.1 Å². The summed E-state index contributed by atoms with van der Waals surface area (Å²) >= 11 is 1.37. The first-order valence-corrected chi connectivity index (χ1v) is 11.2. The van der Waals surface area contributed by atoms with Gasteiger partial charge in [-0.3, -0.25) is 4.79 Å². The fraction of sp³-hybridized carbons (Fsp3) is 0.115. The van der Waals surface area contributed by atoms with Crippen molar-refractivity contribution in [2.45, 2.75) is 12.5 Å². The van der Waals surface area contributed by atoms with Gasteiger partial charge in [0.1, 0.15) is 5.75 Å². The van der Waals surface area contributed by atoms with E-state index in [9.17, 15) is 4.79 Å². The summed E-state index contributed by atoms with van der Waals surface area (Å²) in [6, 6.07) is 27.9. The number of ether oxygens (including phenoxy) is 1. The average molecular weight is 440 g/mol. The van der Waals surface area contributed by atoms with Crippen LogP contribution in [0.15, 0.2) is 99.9 Å². The van der Waals surface area contributed by atoms with E-state index < -0.39 is 0 Å². The third-order valence-corrected chi connectivity index (χ3v) is 6.39. The van der Waals surface area contributed by atoms with E-state index in [1.807, 2.05) is 83.9 Å². The van der Waals surface area contributed by atoms with Crippen molar-refractivity contribution in [2.75, 3.05) is 7.11 Å². The predicted molar refractivity (Wildman–Crippen MR) is 130 cm³/mol. The highest BCUT2D eigenvalue weighted by Crippen LogP contribution is 2.39. The van der Waals surface area contributed by atoms with Crippen LogP contribution in [0, 0.1) is 0 Å². The molecule has 1 atom stereocenters. The second kappa shape index (κ2) is 8.85. The minimum atomic E-state index is -0.231. The molecule has 0 saturated carbocycles. The normalized spacial score (nSPS) is 19.3. The van der Waals surface area contributed by atoms with Crippen molar-refractivity contribution in [3.63, 3.8) is 0 Å². The Morgan fingerprint density at radius 2 is 1.66 bits per heavy atom. The number of carbonyl (C=O) groups is 1. The van der Waals surface area contributed by atoms with Crippen molar-refractivity contribution in [3.8, 4) is 5.75 Å². The lowest BCUT2D eigenvalue weighted by Crippen LogP contribution is -2.23. The molecule has 2 aliphatic rings. The van der Waals surface area contributed by atoms with Crippen LogP contribution in [0.3, 0.4) is 0 Å². The van der Waals surface area contributed by atoms with Crippen LogP contribution >= 0.6 is 11.8 Å². The smallest absolute Gasteiger partial charge is 0.286 e. The number of benzene rings is 3. The van der Waals surface area contributed by atoms with E-state index in [2.05, 4.69) is 17.1 Å². The van der Waals surface area contributed by atoms with Crippen LogP contribution in [0.2, 0.25) is 0 Å². The number of hydrogen-bond acceptors (Lipinski definition) is 5. The van der Waals surface area contributed by atoms with Gasteiger partial charge >= 0.3 is 0 Å². The highest BCUT2D eigenvalue weighted by atomic mass is 32.2. The van der Waals surface area contributed by atoms with Crippen molar-refractivity contribution in [1.29, 1.82) is 0 Å². The molecular formula is C26H21N3O2S. The molecule has 0 aromatic heterocycles. The van der Waals surface area contributed by atoms with Crippen LogP contribution in [-0.2, 0) is 4.79 Å². The first kappa shape index (κ1) is 20.3. The number of amides is 1. The standard InChI is InChI=1S/C26H21N3O2S/c1-31-21-14-12-20(13-15-21)23-17-22(19-10-6-3-7-11-19)28-29(23)26-27-25(30)24(32-26)16-18-8-4-2-5-9-18/h2-16,23H,17H2,1H3/b24-16-. The molecule has 1 unspecified atom stereocenters. The Bertz CT molecular complexity index is 1220. The van der Waals surface area contributed by atoms with Gasteiger partial charge in [-0.1, -0.05) is 72.8 Å². The Morgan fingerprint density at radius 1 is 0.969 bits per heavy atom. The largest absolute Gasteiger partial charge is 0.497 e. The van der Waals surface area contributed by atoms with Crippen LogP contribution in [0.1, 0.15) is 29.2 Å². The Morgan fingerprint density at radius 3 is 2.34 bits per heavy atom. The molecule has 2 aliphatic heterocycles. The minimum absolute atomic E-state index is 0.0498. The van der Waals surface area contributed by atoms with E-state index in [1.165, 1.54) is 11.8 Å². The first-order chi connectivity index (χ1) is 15.7. The number of aliphatic imine (C=N–C) groups is 1. The lowest BCUT2D eigenvalue weighted by molar-refractivity contribution is -0.113. The number of carbonyl (C=O) groups excluding carboxylic acids is 1. The highest BCUT2D eigenvalue weighted by Gasteiger charge is 2.36. The molecule has 0 aliphatic carbocycles. The van der Waals surface area contributed by atoms with E-state index in [0.29, 0.717) is 10.1 Å².